The Hall–Kier alpha value is -2.54. The molecule has 2 heterocycles. The fourth-order valence-electron chi connectivity index (χ4n) is 2.51. The minimum Gasteiger partial charge on any atom is -0.308 e. The smallest absolute Gasteiger partial charge is 0.149 e. The van der Waals surface area contributed by atoms with Gasteiger partial charge in [0, 0.05) is 18.8 Å². The van der Waals surface area contributed by atoms with Crippen molar-refractivity contribution in [3.8, 4) is 5.69 Å². The highest BCUT2D eigenvalue weighted by molar-refractivity contribution is 5.35. The van der Waals surface area contributed by atoms with E-state index in [2.05, 4.69) is 34.3 Å². The number of aromatic nitrogens is 5. The van der Waals surface area contributed by atoms with Crippen LogP contribution in [0.15, 0.2) is 43.2 Å². The first kappa shape index (κ1) is 16.3. The van der Waals surface area contributed by atoms with Gasteiger partial charge >= 0.3 is 0 Å². The predicted molar refractivity (Wildman–Crippen MR) is 89.3 cm³/mol. The second-order valence-electron chi connectivity index (χ2n) is 6.03. The van der Waals surface area contributed by atoms with Gasteiger partial charge in [-0.15, -0.1) is 0 Å². The van der Waals surface area contributed by atoms with E-state index in [1.807, 2.05) is 30.1 Å². The van der Waals surface area contributed by atoms with Crippen molar-refractivity contribution in [2.45, 2.75) is 39.4 Å². The monoisotopic (exact) mass is 328 g/mol. The Morgan fingerprint density at radius 3 is 2.71 bits per heavy atom. The van der Waals surface area contributed by atoms with Crippen molar-refractivity contribution in [2.75, 3.05) is 0 Å². The fourth-order valence-corrected chi connectivity index (χ4v) is 2.51. The van der Waals surface area contributed by atoms with Crippen LogP contribution in [-0.2, 0) is 6.54 Å². The molecule has 0 aliphatic carbocycles. The molecule has 0 fully saturated rings. The molecule has 0 aliphatic heterocycles. The fraction of sp³-hybridized carbons (Fsp3) is 0.353. The average Bonchev–Trinajstić information content (AvgIpc) is 3.23. The number of hydrogen-bond donors (Lipinski definition) is 1. The van der Waals surface area contributed by atoms with Gasteiger partial charge < -0.3 is 5.32 Å². The molecule has 1 aromatic carbocycles. The molecule has 1 N–H and O–H groups in total. The molecule has 0 unspecified atom stereocenters. The van der Waals surface area contributed by atoms with Crippen molar-refractivity contribution >= 4 is 0 Å². The number of hydrogen-bond acceptors (Lipinski definition) is 4. The Labute approximate surface area is 140 Å². The molecule has 3 aromatic rings. The molecule has 0 amide bonds. The Kier molecular flexibility index (Phi) is 4.71. The lowest BCUT2D eigenvalue weighted by Crippen LogP contribution is -2.33. The molecule has 0 saturated heterocycles. The lowest BCUT2D eigenvalue weighted by atomic mass is 10.1. The summed E-state index contributed by atoms with van der Waals surface area (Å²) < 4.78 is 17.6. The zero-order valence-electron chi connectivity index (χ0n) is 14.0. The van der Waals surface area contributed by atoms with E-state index in [0.29, 0.717) is 12.2 Å². The van der Waals surface area contributed by atoms with E-state index in [0.717, 1.165) is 11.1 Å². The molecule has 7 heteroatoms. The van der Waals surface area contributed by atoms with Crippen molar-refractivity contribution in [3.63, 3.8) is 0 Å². The summed E-state index contributed by atoms with van der Waals surface area (Å²) in [7, 11) is 0. The zero-order valence-corrected chi connectivity index (χ0v) is 14.0. The maximum absolute atomic E-state index is 14.2. The van der Waals surface area contributed by atoms with E-state index in [9.17, 15) is 4.39 Å². The number of aryl methyl sites for hydroxylation is 1. The van der Waals surface area contributed by atoms with Gasteiger partial charge in [0.15, 0.2) is 0 Å². The van der Waals surface area contributed by atoms with Gasteiger partial charge in [-0.2, -0.15) is 10.2 Å². The van der Waals surface area contributed by atoms with E-state index in [4.69, 9.17) is 0 Å². The van der Waals surface area contributed by atoms with Crippen LogP contribution in [-0.4, -0.2) is 30.6 Å². The van der Waals surface area contributed by atoms with E-state index in [-0.39, 0.29) is 17.9 Å². The minimum atomic E-state index is -0.316. The van der Waals surface area contributed by atoms with Crippen LogP contribution in [0.5, 0.6) is 0 Å². The maximum atomic E-state index is 14.2. The normalized spacial score (nSPS) is 13.8. The lowest BCUT2D eigenvalue weighted by Gasteiger charge is -2.22. The van der Waals surface area contributed by atoms with Crippen molar-refractivity contribution in [1.29, 1.82) is 0 Å². The first-order valence-corrected chi connectivity index (χ1v) is 7.92. The second-order valence-corrected chi connectivity index (χ2v) is 6.03. The molecule has 3 rings (SSSR count). The van der Waals surface area contributed by atoms with Gasteiger partial charge in [0.2, 0.25) is 0 Å². The number of nitrogens with one attached hydrogen (secondary N) is 1. The van der Waals surface area contributed by atoms with Gasteiger partial charge in [0.1, 0.15) is 24.2 Å². The van der Waals surface area contributed by atoms with Crippen molar-refractivity contribution in [3.05, 3.63) is 60.2 Å². The first-order chi connectivity index (χ1) is 11.5. The summed E-state index contributed by atoms with van der Waals surface area (Å²) in [5.74, 6) is -0.316. The van der Waals surface area contributed by atoms with E-state index < -0.39 is 0 Å². The maximum Gasteiger partial charge on any atom is 0.149 e. The van der Waals surface area contributed by atoms with Crippen LogP contribution in [0.4, 0.5) is 4.39 Å². The third-order valence-corrected chi connectivity index (χ3v) is 4.18. The minimum absolute atomic E-state index is 0.197. The molecule has 0 saturated carbocycles. The standard InChI is InChI=1S/C17H21FN6/c1-12-7-21-23(9-12)14(3)13(2)20-8-15-4-5-17(16(18)6-15)24-11-19-10-22-24/h4-7,9-11,13-14,20H,8H2,1-3H3/t13-,14-/m1/s1. The highest BCUT2D eigenvalue weighted by Crippen LogP contribution is 2.15. The number of rotatable bonds is 6. The summed E-state index contributed by atoms with van der Waals surface area (Å²) in [6.45, 7) is 6.81. The van der Waals surface area contributed by atoms with Crippen molar-refractivity contribution in [1.82, 2.24) is 29.9 Å². The van der Waals surface area contributed by atoms with Crippen LogP contribution < -0.4 is 5.32 Å². The molecule has 0 aliphatic rings. The highest BCUT2D eigenvalue weighted by Gasteiger charge is 2.14. The summed E-state index contributed by atoms with van der Waals surface area (Å²) in [5, 5.41) is 11.7. The van der Waals surface area contributed by atoms with E-state index in [1.54, 1.807) is 6.07 Å². The molecular weight excluding hydrogens is 307 g/mol. The number of halogens is 1. The summed E-state index contributed by atoms with van der Waals surface area (Å²) in [4.78, 5) is 3.84. The van der Waals surface area contributed by atoms with E-state index >= 15 is 0 Å². The van der Waals surface area contributed by atoms with E-state index in [1.165, 1.54) is 23.4 Å². The average molecular weight is 328 g/mol. The molecule has 126 valence electrons. The molecule has 2 aromatic heterocycles. The van der Waals surface area contributed by atoms with Gasteiger partial charge in [0.25, 0.3) is 0 Å². The van der Waals surface area contributed by atoms with Crippen LogP contribution >= 0.6 is 0 Å². The molecule has 24 heavy (non-hydrogen) atoms. The van der Waals surface area contributed by atoms with Crippen molar-refractivity contribution in [2.24, 2.45) is 0 Å². The molecule has 6 nitrogen and oxygen atoms in total. The number of nitrogens with zero attached hydrogens (tertiary/aromatic N) is 5. The Balaban J connectivity index is 1.63. The lowest BCUT2D eigenvalue weighted by molar-refractivity contribution is 0.364. The third-order valence-electron chi connectivity index (χ3n) is 4.18. The third kappa shape index (κ3) is 3.51. The first-order valence-electron chi connectivity index (χ1n) is 7.92. The van der Waals surface area contributed by atoms with Crippen LogP contribution in [0.25, 0.3) is 5.69 Å². The Bertz CT molecular complexity index is 795. The quantitative estimate of drug-likeness (QED) is 0.756. The Morgan fingerprint density at radius 1 is 1.25 bits per heavy atom. The number of benzene rings is 1. The highest BCUT2D eigenvalue weighted by atomic mass is 19.1. The predicted octanol–water partition coefficient (Wildman–Crippen LogP) is 2.65. The molecule has 0 bridgehead atoms. The molecule has 0 spiro atoms. The van der Waals surface area contributed by atoms with Gasteiger partial charge in [-0.1, -0.05) is 6.07 Å². The zero-order chi connectivity index (χ0) is 17.1. The topological polar surface area (TPSA) is 60.6 Å². The van der Waals surface area contributed by atoms with Crippen molar-refractivity contribution < 1.29 is 4.39 Å². The van der Waals surface area contributed by atoms with Gasteiger partial charge in [0.05, 0.1) is 12.2 Å². The molecule has 2 atom stereocenters. The SMILES string of the molecule is Cc1cnn([C@H](C)[C@@H](C)NCc2ccc(-n3cncn3)c(F)c2)c1. The second kappa shape index (κ2) is 6.92. The van der Waals surface area contributed by atoms with Gasteiger partial charge in [-0.05, 0) is 44.0 Å². The van der Waals surface area contributed by atoms with Crippen LogP contribution in [0.1, 0.15) is 31.0 Å². The molecular formula is C17H21FN6. The Morgan fingerprint density at radius 2 is 2.08 bits per heavy atom. The van der Waals surface area contributed by atoms with Gasteiger partial charge in [-0.25, -0.2) is 14.1 Å². The van der Waals surface area contributed by atoms with Crippen LogP contribution in [0.2, 0.25) is 0 Å². The summed E-state index contributed by atoms with van der Waals surface area (Å²) in [6.07, 6.45) is 6.73. The van der Waals surface area contributed by atoms with Gasteiger partial charge in [-0.3, -0.25) is 4.68 Å². The molecule has 0 radical (unpaired) electrons. The largest absolute Gasteiger partial charge is 0.308 e. The summed E-state index contributed by atoms with van der Waals surface area (Å²) >= 11 is 0. The van der Waals surface area contributed by atoms with Crippen LogP contribution in [0.3, 0.4) is 0 Å². The van der Waals surface area contributed by atoms with Crippen LogP contribution in [0, 0.1) is 12.7 Å². The summed E-state index contributed by atoms with van der Waals surface area (Å²) in [6, 6.07) is 5.54. The summed E-state index contributed by atoms with van der Waals surface area (Å²) in [5.41, 5.74) is 2.41.